The fraction of sp³-hybridized carbons (Fsp3) is 0.652. The Morgan fingerprint density at radius 2 is 1.43 bits per heavy atom. The SMILES string of the molecule is O=C(C1CCN(C(=O)C2CC2c2ccccc2C(F)(F)F)CC1)N1CCCCCC1. The molecule has 2 atom stereocenters. The molecule has 0 bridgehead atoms. The van der Waals surface area contributed by atoms with Crippen LogP contribution in [-0.2, 0) is 15.8 Å². The number of alkyl halides is 3. The number of carbonyl (C=O) groups excluding carboxylic acids is 2. The van der Waals surface area contributed by atoms with Crippen LogP contribution in [-0.4, -0.2) is 47.8 Å². The smallest absolute Gasteiger partial charge is 0.342 e. The third-order valence-corrected chi connectivity index (χ3v) is 6.85. The highest BCUT2D eigenvalue weighted by atomic mass is 19.4. The average molecular weight is 422 g/mol. The molecule has 4 rings (SSSR count). The molecule has 2 unspecified atom stereocenters. The number of likely N-dealkylation sites (tertiary alicyclic amines) is 2. The minimum atomic E-state index is -4.40. The van der Waals surface area contributed by atoms with E-state index in [2.05, 4.69) is 0 Å². The Bertz CT molecular complexity index is 779. The van der Waals surface area contributed by atoms with Crippen LogP contribution in [0.25, 0.3) is 0 Å². The van der Waals surface area contributed by atoms with Crippen LogP contribution in [0.1, 0.15) is 62.0 Å². The molecule has 164 valence electrons. The van der Waals surface area contributed by atoms with Crippen LogP contribution in [0.4, 0.5) is 13.2 Å². The van der Waals surface area contributed by atoms with Crippen molar-refractivity contribution in [3.8, 4) is 0 Å². The maximum Gasteiger partial charge on any atom is 0.416 e. The third-order valence-electron chi connectivity index (χ3n) is 6.85. The summed E-state index contributed by atoms with van der Waals surface area (Å²) in [6.07, 6.45) is 1.84. The summed E-state index contributed by atoms with van der Waals surface area (Å²) in [6, 6.07) is 5.57. The van der Waals surface area contributed by atoms with Gasteiger partial charge in [0.1, 0.15) is 0 Å². The first-order valence-electron chi connectivity index (χ1n) is 11.1. The molecule has 0 N–H and O–H groups in total. The number of hydrogen-bond acceptors (Lipinski definition) is 2. The second-order valence-electron chi connectivity index (χ2n) is 8.87. The predicted molar refractivity (Wildman–Crippen MR) is 107 cm³/mol. The molecule has 1 aliphatic carbocycles. The number of rotatable bonds is 3. The van der Waals surface area contributed by atoms with Crippen LogP contribution < -0.4 is 0 Å². The summed E-state index contributed by atoms with van der Waals surface area (Å²) in [6.45, 7) is 2.71. The lowest BCUT2D eigenvalue weighted by Gasteiger charge is -2.34. The monoisotopic (exact) mass is 422 g/mol. The van der Waals surface area contributed by atoms with Crippen LogP contribution in [0.15, 0.2) is 24.3 Å². The van der Waals surface area contributed by atoms with Crippen molar-refractivity contribution in [1.82, 2.24) is 9.80 Å². The van der Waals surface area contributed by atoms with Gasteiger partial charge in [0.15, 0.2) is 0 Å². The third kappa shape index (κ3) is 4.49. The lowest BCUT2D eigenvalue weighted by atomic mass is 9.94. The molecule has 2 amide bonds. The van der Waals surface area contributed by atoms with E-state index in [1.54, 1.807) is 11.0 Å². The van der Waals surface area contributed by atoms with Crippen LogP contribution in [0.5, 0.6) is 0 Å². The summed E-state index contributed by atoms with van der Waals surface area (Å²) >= 11 is 0. The van der Waals surface area contributed by atoms with E-state index in [0.29, 0.717) is 32.4 Å². The Kier molecular flexibility index (Phi) is 6.07. The van der Waals surface area contributed by atoms with Gasteiger partial charge >= 0.3 is 6.18 Å². The van der Waals surface area contributed by atoms with Crippen molar-refractivity contribution in [2.45, 2.75) is 57.0 Å². The van der Waals surface area contributed by atoms with E-state index in [0.717, 1.165) is 32.0 Å². The van der Waals surface area contributed by atoms with E-state index in [1.807, 2.05) is 4.90 Å². The Labute approximate surface area is 175 Å². The Morgan fingerprint density at radius 1 is 0.833 bits per heavy atom. The minimum absolute atomic E-state index is 0.0342. The van der Waals surface area contributed by atoms with Gasteiger partial charge in [-0.3, -0.25) is 9.59 Å². The predicted octanol–water partition coefficient (Wildman–Crippen LogP) is 4.45. The van der Waals surface area contributed by atoms with E-state index < -0.39 is 11.7 Å². The normalized spacial score (nSPS) is 25.7. The number of benzene rings is 1. The molecule has 1 aromatic carbocycles. The van der Waals surface area contributed by atoms with Crippen LogP contribution >= 0.6 is 0 Å². The molecule has 1 saturated carbocycles. The summed E-state index contributed by atoms with van der Waals surface area (Å²) in [5.74, 6) is -0.601. The number of piperidine rings is 1. The summed E-state index contributed by atoms with van der Waals surface area (Å²) in [5.41, 5.74) is -0.401. The summed E-state index contributed by atoms with van der Waals surface area (Å²) < 4.78 is 39.9. The molecule has 4 nitrogen and oxygen atoms in total. The van der Waals surface area contributed by atoms with Gasteiger partial charge < -0.3 is 9.80 Å². The lowest BCUT2D eigenvalue weighted by Crippen LogP contribution is -2.45. The van der Waals surface area contributed by atoms with Gasteiger partial charge in [-0.05, 0) is 49.7 Å². The van der Waals surface area contributed by atoms with E-state index in [-0.39, 0.29) is 35.1 Å². The fourth-order valence-electron chi connectivity index (χ4n) is 5.02. The number of carbonyl (C=O) groups is 2. The van der Waals surface area contributed by atoms with Crippen molar-refractivity contribution < 1.29 is 22.8 Å². The second-order valence-corrected chi connectivity index (χ2v) is 8.87. The van der Waals surface area contributed by atoms with Crippen molar-refractivity contribution in [2.24, 2.45) is 11.8 Å². The standard InChI is InChI=1S/C23H29F3N2O2/c24-23(25,26)20-8-4-3-7-17(20)18-15-19(18)22(30)28-13-9-16(10-14-28)21(29)27-11-5-1-2-6-12-27/h3-4,7-8,16,18-19H,1-2,5-6,9-15H2. The highest BCUT2D eigenvalue weighted by Gasteiger charge is 2.49. The van der Waals surface area contributed by atoms with Crippen molar-refractivity contribution in [2.75, 3.05) is 26.2 Å². The number of halogens is 3. The Morgan fingerprint density at radius 3 is 2.07 bits per heavy atom. The van der Waals surface area contributed by atoms with Gasteiger partial charge in [0, 0.05) is 38.0 Å². The van der Waals surface area contributed by atoms with Crippen molar-refractivity contribution in [1.29, 1.82) is 0 Å². The van der Waals surface area contributed by atoms with E-state index in [1.165, 1.54) is 25.0 Å². The Hall–Kier alpha value is -2.05. The van der Waals surface area contributed by atoms with Crippen molar-refractivity contribution in [3.63, 3.8) is 0 Å². The molecule has 7 heteroatoms. The molecular weight excluding hydrogens is 393 g/mol. The summed E-state index contributed by atoms with van der Waals surface area (Å²) in [7, 11) is 0. The number of amides is 2. The van der Waals surface area contributed by atoms with Gasteiger partial charge in [0.05, 0.1) is 5.56 Å². The van der Waals surface area contributed by atoms with Gasteiger partial charge in [-0.15, -0.1) is 0 Å². The largest absolute Gasteiger partial charge is 0.416 e. The van der Waals surface area contributed by atoms with E-state index >= 15 is 0 Å². The molecule has 2 heterocycles. The molecule has 1 aromatic rings. The fourth-order valence-corrected chi connectivity index (χ4v) is 5.02. The zero-order valence-corrected chi connectivity index (χ0v) is 17.2. The van der Waals surface area contributed by atoms with Crippen LogP contribution in [0.2, 0.25) is 0 Å². The molecule has 3 fully saturated rings. The first-order valence-corrected chi connectivity index (χ1v) is 11.1. The van der Waals surface area contributed by atoms with Crippen molar-refractivity contribution >= 4 is 11.8 Å². The first kappa shape index (κ1) is 21.2. The maximum absolute atomic E-state index is 13.3. The lowest BCUT2D eigenvalue weighted by molar-refractivity contribution is -0.141. The maximum atomic E-state index is 13.3. The minimum Gasteiger partial charge on any atom is -0.342 e. The summed E-state index contributed by atoms with van der Waals surface area (Å²) in [4.78, 5) is 29.4. The molecule has 3 aliphatic rings. The quantitative estimate of drug-likeness (QED) is 0.722. The summed E-state index contributed by atoms with van der Waals surface area (Å²) in [5, 5.41) is 0. The average Bonchev–Trinajstić information content (AvgIpc) is 3.56. The zero-order valence-electron chi connectivity index (χ0n) is 17.2. The molecular formula is C23H29F3N2O2. The topological polar surface area (TPSA) is 40.6 Å². The van der Waals surface area contributed by atoms with Gasteiger partial charge in [0.2, 0.25) is 11.8 Å². The van der Waals surface area contributed by atoms with E-state index in [4.69, 9.17) is 0 Å². The zero-order chi connectivity index (χ0) is 21.3. The van der Waals surface area contributed by atoms with Gasteiger partial charge in [-0.25, -0.2) is 0 Å². The number of nitrogens with zero attached hydrogens (tertiary/aromatic N) is 2. The first-order chi connectivity index (χ1) is 14.4. The number of hydrogen-bond donors (Lipinski definition) is 0. The molecule has 0 radical (unpaired) electrons. The van der Waals surface area contributed by atoms with Crippen LogP contribution in [0.3, 0.4) is 0 Å². The highest BCUT2D eigenvalue weighted by molar-refractivity contribution is 5.84. The molecule has 0 spiro atoms. The van der Waals surface area contributed by atoms with Gasteiger partial charge in [-0.1, -0.05) is 31.0 Å². The highest BCUT2D eigenvalue weighted by Crippen LogP contribution is 2.52. The van der Waals surface area contributed by atoms with Gasteiger partial charge in [0.25, 0.3) is 0 Å². The molecule has 2 aliphatic heterocycles. The Balaban J connectivity index is 1.32. The van der Waals surface area contributed by atoms with E-state index in [9.17, 15) is 22.8 Å². The second kappa shape index (κ2) is 8.60. The molecule has 0 aromatic heterocycles. The van der Waals surface area contributed by atoms with Crippen LogP contribution in [0, 0.1) is 11.8 Å². The molecule has 2 saturated heterocycles. The van der Waals surface area contributed by atoms with Gasteiger partial charge in [-0.2, -0.15) is 13.2 Å². The molecule has 30 heavy (non-hydrogen) atoms. The van der Waals surface area contributed by atoms with Crippen molar-refractivity contribution in [3.05, 3.63) is 35.4 Å².